The van der Waals surface area contributed by atoms with E-state index in [1.807, 2.05) is 24.4 Å². The first-order valence-electron chi connectivity index (χ1n) is 8.86. The highest BCUT2D eigenvalue weighted by atomic mass is 16.3. The van der Waals surface area contributed by atoms with Gasteiger partial charge in [0.05, 0.1) is 12.4 Å². The van der Waals surface area contributed by atoms with Crippen molar-refractivity contribution >= 4 is 5.69 Å². The van der Waals surface area contributed by atoms with Gasteiger partial charge in [0, 0.05) is 52.2 Å². The number of aromatic hydroxyl groups is 1. The minimum absolute atomic E-state index is 0.388. The first-order valence-corrected chi connectivity index (χ1v) is 8.86. The van der Waals surface area contributed by atoms with Gasteiger partial charge in [-0.15, -0.1) is 0 Å². The lowest BCUT2D eigenvalue weighted by Crippen LogP contribution is -2.47. The summed E-state index contributed by atoms with van der Waals surface area (Å²) in [6.45, 7) is 7.29. The molecule has 0 saturated carbocycles. The second-order valence-electron chi connectivity index (χ2n) is 6.63. The molecule has 0 bridgehead atoms. The number of phenols is 1. The minimum atomic E-state index is 0.388. The van der Waals surface area contributed by atoms with E-state index in [4.69, 9.17) is 0 Å². The molecule has 0 atom stereocenters. The number of hydrazine groups is 1. The number of nitrogens with one attached hydrogen (secondary N) is 1. The summed E-state index contributed by atoms with van der Waals surface area (Å²) in [6.07, 6.45) is 6.47. The highest BCUT2D eigenvalue weighted by Gasteiger charge is 2.18. The number of anilines is 1. The average Bonchev–Trinajstić information content (AvgIpc) is 2.60. The molecule has 1 saturated heterocycles. The van der Waals surface area contributed by atoms with Gasteiger partial charge < -0.3 is 20.3 Å². The van der Waals surface area contributed by atoms with E-state index in [2.05, 4.69) is 38.4 Å². The van der Waals surface area contributed by atoms with Crippen LogP contribution < -0.4 is 10.3 Å². The fourth-order valence-corrected chi connectivity index (χ4v) is 3.34. The summed E-state index contributed by atoms with van der Waals surface area (Å²) in [4.78, 5) is 6.99. The van der Waals surface area contributed by atoms with E-state index >= 15 is 0 Å². The smallest absolute Gasteiger partial charge is 0.138 e. The van der Waals surface area contributed by atoms with Crippen molar-refractivity contribution in [3.63, 3.8) is 0 Å². The van der Waals surface area contributed by atoms with Crippen molar-refractivity contribution in [1.29, 1.82) is 0 Å². The molecular weight excluding hydrogens is 302 g/mol. The molecular formula is C18H29N5O. The molecule has 132 valence electrons. The standard InChI is InChI=1S/C18H29N5O/c1-20-11-8-19-23(16-20)10-5-4-9-21-12-14-22(15-13-21)17-6-2-3-7-18(17)24/h2-3,6-8,11,19,24H,4-5,9-10,12-16H2,1H3. The number of rotatable bonds is 6. The number of nitrogens with zero attached hydrogens (tertiary/aromatic N) is 4. The molecule has 0 amide bonds. The predicted octanol–water partition coefficient (Wildman–Crippen LogP) is 1.48. The lowest BCUT2D eigenvalue weighted by Gasteiger charge is -2.36. The lowest BCUT2D eigenvalue weighted by molar-refractivity contribution is 0.127. The lowest BCUT2D eigenvalue weighted by atomic mass is 10.2. The molecule has 0 aliphatic carbocycles. The number of benzene rings is 1. The van der Waals surface area contributed by atoms with Crippen molar-refractivity contribution in [2.24, 2.45) is 0 Å². The van der Waals surface area contributed by atoms with Crippen molar-refractivity contribution in [1.82, 2.24) is 20.2 Å². The van der Waals surface area contributed by atoms with Gasteiger partial charge in [-0.25, -0.2) is 5.01 Å². The Hall–Kier alpha value is -1.92. The molecule has 2 aliphatic heterocycles. The van der Waals surface area contributed by atoms with Crippen molar-refractivity contribution in [3.8, 4) is 5.75 Å². The Morgan fingerprint density at radius 1 is 1.04 bits per heavy atom. The third kappa shape index (κ3) is 4.55. The summed E-state index contributed by atoms with van der Waals surface area (Å²) in [5, 5.41) is 12.2. The molecule has 2 aliphatic rings. The molecule has 1 aromatic rings. The van der Waals surface area contributed by atoms with Gasteiger partial charge in [-0.1, -0.05) is 12.1 Å². The quantitative estimate of drug-likeness (QED) is 0.770. The SMILES string of the molecule is CN1C=CNN(CCCCN2CCN(c3ccccc3O)CC2)C1. The molecule has 0 unspecified atom stereocenters. The van der Waals surface area contributed by atoms with Crippen LogP contribution in [0.3, 0.4) is 0 Å². The van der Waals surface area contributed by atoms with Crippen LogP contribution in [0.25, 0.3) is 0 Å². The monoisotopic (exact) mass is 331 g/mol. The molecule has 6 heteroatoms. The molecule has 2 N–H and O–H groups in total. The fraction of sp³-hybridized carbons (Fsp3) is 0.556. The van der Waals surface area contributed by atoms with Crippen molar-refractivity contribution in [2.75, 3.05) is 57.9 Å². The maximum absolute atomic E-state index is 9.97. The van der Waals surface area contributed by atoms with Crippen molar-refractivity contribution in [2.45, 2.75) is 12.8 Å². The fourth-order valence-electron chi connectivity index (χ4n) is 3.34. The van der Waals surface area contributed by atoms with Gasteiger partial charge in [0.15, 0.2) is 0 Å². The number of unbranched alkanes of at least 4 members (excludes halogenated alkanes) is 1. The number of para-hydroxylation sites is 2. The van der Waals surface area contributed by atoms with Gasteiger partial charge in [0.2, 0.25) is 0 Å². The molecule has 0 radical (unpaired) electrons. The Morgan fingerprint density at radius 3 is 2.54 bits per heavy atom. The highest BCUT2D eigenvalue weighted by Crippen LogP contribution is 2.27. The van der Waals surface area contributed by atoms with Crippen LogP contribution in [0, 0.1) is 0 Å². The maximum atomic E-state index is 9.97. The Bertz CT molecular complexity index is 542. The van der Waals surface area contributed by atoms with Crippen LogP contribution in [0.1, 0.15) is 12.8 Å². The molecule has 1 aromatic carbocycles. The zero-order valence-corrected chi connectivity index (χ0v) is 14.6. The van der Waals surface area contributed by atoms with E-state index in [1.165, 1.54) is 12.8 Å². The van der Waals surface area contributed by atoms with E-state index < -0.39 is 0 Å². The summed E-state index contributed by atoms with van der Waals surface area (Å²) in [5.41, 5.74) is 4.25. The van der Waals surface area contributed by atoms with Crippen LogP contribution in [0.4, 0.5) is 5.69 Å². The Labute approximate surface area is 144 Å². The summed E-state index contributed by atoms with van der Waals surface area (Å²) in [5.74, 6) is 0.388. The van der Waals surface area contributed by atoms with Crippen molar-refractivity contribution in [3.05, 3.63) is 36.7 Å². The molecule has 2 heterocycles. The third-order valence-corrected chi connectivity index (χ3v) is 4.73. The third-order valence-electron chi connectivity index (χ3n) is 4.73. The number of piperazine rings is 1. The van der Waals surface area contributed by atoms with Crippen LogP contribution in [0.2, 0.25) is 0 Å². The zero-order chi connectivity index (χ0) is 16.8. The van der Waals surface area contributed by atoms with Gasteiger partial charge in [0.25, 0.3) is 0 Å². The molecule has 3 rings (SSSR count). The highest BCUT2D eigenvalue weighted by molar-refractivity contribution is 5.57. The second kappa shape index (κ2) is 8.26. The molecule has 24 heavy (non-hydrogen) atoms. The number of phenolic OH excluding ortho intramolecular Hbond substituents is 1. The van der Waals surface area contributed by atoms with Crippen molar-refractivity contribution < 1.29 is 5.11 Å². The first kappa shape index (κ1) is 16.9. The summed E-state index contributed by atoms with van der Waals surface area (Å²) < 4.78 is 0. The average molecular weight is 331 g/mol. The van der Waals surface area contributed by atoms with Crippen LogP contribution >= 0.6 is 0 Å². The van der Waals surface area contributed by atoms with Gasteiger partial charge in [-0.05, 0) is 31.5 Å². The first-order chi connectivity index (χ1) is 11.7. The van der Waals surface area contributed by atoms with E-state index in [9.17, 15) is 5.11 Å². The summed E-state index contributed by atoms with van der Waals surface area (Å²) >= 11 is 0. The number of hydrogen-bond acceptors (Lipinski definition) is 6. The molecule has 6 nitrogen and oxygen atoms in total. The Balaban J connectivity index is 1.33. The number of hydrogen-bond donors (Lipinski definition) is 2. The van der Waals surface area contributed by atoms with E-state index in [1.54, 1.807) is 6.07 Å². The zero-order valence-electron chi connectivity index (χ0n) is 14.6. The minimum Gasteiger partial charge on any atom is -0.506 e. The van der Waals surface area contributed by atoms with Crippen LogP contribution in [0.15, 0.2) is 36.7 Å². The summed E-state index contributed by atoms with van der Waals surface area (Å²) in [6, 6.07) is 7.63. The van der Waals surface area contributed by atoms with E-state index in [0.717, 1.165) is 51.6 Å². The van der Waals surface area contributed by atoms with Crippen LogP contribution in [-0.4, -0.2) is 72.9 Å². The second-order valence-corrected chi connectivity index (χ2v) is 6.63. The van der Waals surface area contributed by atoms with E-state index in [0.29, 0.717) is 5.75 Å². The largest absolute Gasteiger partial charge is 0.506 e. The Morgan fingerprint density at radius 2 is 1.79 bits per heavy atom. The van der Waals surface area contributed by atoms with Gasteiger partial charge in [-0.2, -0.15) is 0 Å². The van der Waals surface area contributed by atoms with Crippen LogP contribution in [0.5, 0.6) is 5.75 Å². The van der Waals surface area contributed by atoms with Crippen LogP contribution in [-0.2, 0) is 0 Å². The van der Waals surface area contributed by atoms with E-state index in [-0.39, 0.29) is 0 Å². The van der Waals surface area contributed by atoms with Gasteiger partial charge in [0.1, 0.15) is 5.75 Å². The molecule has 0 spiro atoms. The molecule has 1 fully saturated rings. The summed E-state index contributed by atoms with van der Waals surface area (Å²) in [7, 11) is 2.09. The maximum Gasteiger partial charge on any atom is 0.138 e. The van der Waals surface area contributed by atoms with Gasteiger partial charge >= 0.3 is 0 Å². The normalized spacial score (nSPS) is 19.5. The molecule has 0 aromatic heterocycles. The Kier molecular flexibility index (Phi) is 5.82. The predicted molar refractivity (Wildman–Crippen MR) is 97.6 cm³/mol. The van der Waals surface area contributed by atoms with Gasteiger partial charge in [-0.3, -0.25) is 4.90 Å². The topological polar surface area (TPSA) is 45.2 Å².